The highest BCUT2D eigenvalue weighted by atomic mass is 35.5. The summed E-state index contributed by atoms with van der Waals surface area (Å²) in [5.74, 6) is 0.436. The van der Waals surface area contributed by atoms with E-state index in [0.717, 1.165) is 26.8 Å². The van der Waals surface area contributed by atoms with E-state index in [4.69, 9.17) is 22.1 Å². The van der Waals surface area contributed by atoms with Gasteiger partial charge in [-0.05, 0) is 51.9 Å². The van der Waals surface area contributed by atoms with Gasteiger partial charge in [0.2, 0.25) is 5.95 Å². The third-order valence-corrected chi connectivity index (χ3v) is 6.08. The van der Waals surface area contributed by atoms with Crippen LogP contribution in [-0.4, -0.2) is 19.9 Å². The second-order valence-electron chi connectivity index (χ2n) is 6.88. The van der Waals surface area contributed by atoms with Crippen molar-refractivity contribution in [3.63, 3.8) is 0 Å². The molecule has 0 bridgehead atoms. The lowest BCUT2D eigenvalue weighted by atomic mass is 9.94. The Morgan fingerprint density at radius 2 is 1.84 bits per heavy atom. The largest absolute Gasteiger partial charge is 0.372 e. The Balaban J connectivity index is 1.60. The summed E-state index contributed by atoms with van der Waals surface area (Å²) in [6, 6.07) is 14.0. The zero-order chi connectivity index (χ0) is 21.5. The fourth-order valence-corrected chi connectivity index (χ4v) is 4.69. The maximum atomic E-state index is 10.9. The zero-order valence-electron chi connectivity index (χ0n) is 15.9. The molecule has 0 aliphatic carbocycles. The predicted octanol–water partition coefficient (Wildman–Crippen LogP) is 5.02. The number of nitrogens with two attached hydrogens (primary N) is 1. The molecule has 31 heavy (non-hydrogen) atoms. The van der Waals surface area contributed by atoms with Crippen LogP contribution < -0.4 is 5.73 Å². The highest BCUT2D eigenvalue weighted by Gasteiger charge is 2.21. The predicted molar refractivity (Wildman–Crippen MR) is 118 cm³/mol. The molecular formula is C21H14ClN5O3S. The first-order chi connectivity index (χ1) is 15.0. The molecule has 1 aromatic heterocycles. The number of hydrogen-bond donors (Lipinski definition) is 1. The summed E-state index contributed by atoms with van der Waals surface area (Å²) < 4.78 is 5.65. The van der Waals surface area contributed by atoms with Gasteiger partial charge in [0.05, 0.1) is 23.2 Å². The van der Waals surface area contributed by atoms with Crippen molar-refractivity contribution in [2.45, 2.75) is 23.3 Å². The van der Waals surface area contributed by atoms with E-state index in [1.807, 2.05) is 24.3 Å². The van der Waals surface area contributed by atoms with Crippen molar-refractivity contribution in [1.82, 2.24) is 15.0 Å². The molecule has 1 aliphatic heterocycles. The number of ether oxygens (including phenoxy) is 1. The minimum absolute atomic E-state index is 0.0137. The summed E-state index contributed by atoms with van der Waals surface area (Å²) in [5, 5.41) is 13.8. The van der Waals surface area contributed by atoms with Crippen LogP contribution in [0.2, 0.25) is 5.02 Å². The lowest BCUT2D eigenvalue weighted by Crippen LogP contribution is -2.06. The smallest absolute Gasteiger partial charge is 0.269 e. The number of aromatic nitrogens is 3. The van der Waals surface area contributed by atoms with Gasteiger partial charge in [0.1, 0.15) is 0 Å². The normalized spacial score (nSPS) is 12.8. The lowest BCUT2D eigenvalue weighted by molar-refractivity contribution is -0.384. The van der Waals surface area contributed by atoms with Crippen LogP contribution in [0.25, 0.3) is 22.2 Å². The third-order valence-electron chi connectivity index (χ3n) is 4.91. The first-order valence-corrected chi connectivity index (χ1v) is 10.4. The maximum Gasteiger partial charge on any atom is 0.269 e. The molecule has 8 nitrogen and oxygen atoms in total. The number of anilines is 1. The quantitative estimate of drug-likeness (QED) is 0.339. The monoisotopic (exact) mass is 451 g/mol. The van der Waals surface area contributed by atoms with Gasteiger partial charge < -0.3 is 10.5 Å². The summed E-state index contributed by atoms with van der Waals surface area (Å²) in [4.78, 5) is 24.3. The number of hydrogen-bond acceptors (Lipinski definition) is 8. The Morgan fingerprint density at radius 1 is 1.06 bits per heavy atom. The van der Waals surface area contributed by atoms with Crippen molar-refractivity contribution < 1.29 is 9.66 Å². The molecule has 1 aliphatic rings. The van der Waals surface area contributed by atoms with Crippen LogP contribution in [-0.2, 0) is 18.0 Å². The molecule has 154 valence electrons. The van der Waals surface area contributed by atoms with Crippen LogP contribution in [0.5, 0.6) is 0 Å². The molecule has 0 amide bonds. The van der Waals surface area contributed by atoms with Crippen LogP contribution >= 0.6 is 23.4 Å². The van der Waals surface area contributed by atoms with E-state index in [0.29, 0.717) is 34.8 Å². The number of nitrogens with zero attached hydrogens (tertiary/aromatic N) is 4. The molecule has 0 saturated carbocycles. The minimum atomic E-state index is -0.446. The number of benzene rings is 3. The van der Waals surface area contributed by atoms with Crippen molar-refractivity contribution in [2.24, 2.45) is 0 Å². The van der Waals surface area contributed by atoms with Gasteiger partial charge in [-0.2, -0.15) is 9.97 Å². The second kappa shape index (κ2) is 7.77. The Kier molecular flexibility index (Phi) is 4.93. The maximum absolute atomic E-state index is 10.9. The fourth-order valence-electron chi connectivity index (χ4n) is 3.62. The van der Waals surface area contributed by atoms with Crippen molar-refractivity contribution in [3.05, 3.63) is 74.8 Å². The van der Waals surface area contributed by atoms with Gasteiger partial charge in [-0.15, -0.1) is 0 Å². The number of nitro benzene ring substituents is 1. The zero-order valence-corrected chi connectivity index (χ0v) is 17.5. The van der Waals surface area contributed by atoms with E-state index >= 15 is 0 Å². The standard InChI is InChI=1S/C21H14ClN5O3S/c22-16-8-12-10-30-9-11-2-1-3-15(17(11)12)18(16)19-24-20(23)26-21(25-19)31-14-6-4-13(5-7-14)27(28)29/h1-8H,9-10H2,(H2,23,24,25,26). The average molecular weight is 452 g/mol. The molecule has 2 heterocycles. The van der Waals surface area contributed by atoms with Crippen molar-refractivity contribution in [3.8, 4) is 11.4 Å². The first kappa shape index (κ1) is 19.7. The molecule has 0 atom stereocenters. The van der Waals surface area contributed by atoms with Gasteiger partial charge in [0.25, 0.3) is 5.69 Å². The number of rotatable bonds is 4. The molecule has 0 radical (unpaired) electrons. The topological polar surface area (TPSA) is 117 Å². The van der Waals surface area contributed by atoms with Gasteiger partial charge >= 0.3 is 0 Å². The van der Waals surface area contributed by atoms with E-state index in [1.165, 1.54) is 23.9 Å². The van der Waals surface area contributed by atoms with Crippen molar-refractivity contribution in [1.29, 1.82) is 0 Å². The Morgan fingerprint density at radius 3 is 2.61 bits per heavy atom. The number of nitro groups is 1. The molecule has 5 rings (SSSR count). The van der Waals surface area contributed by atoms with Gasteiger partial charge in [-0.25, -0.2) is 4.98 Å². The van der Waals surface area contributed by atoms with Crippen LogP contribution in [0.15, 0.2) is 58.6 Å². The van der Waals surface area contributed by atoms with Gasteiger partial charge in [-0.3, -0.25) is 10.1 Å². The van der Waals surface area contributed by atoms with Crippen molar-refractivity contribution in [2.75, 3.05) is 5.73 Å². The molecule has 2 N–H and O–H groups in total. The van der Waals surface area contributed by atoms with E-state index in [9.17, 15) is 10.1 Å². The summed E-state index contributed by atoms with van der Waals surface area (Å²) in [5.41, 5.74) is 8.78. The summed E-state index contributed by atoms with van der Waals surface area (Å²) in [7, 11) is 0. The molecule has 0 spiro atoms. The third kappa shape index (κ3) is 3.67. The van der Waals surface area contributed by atoms with Crippen LogP contribution in [0.3, 0.4) is 0 Å². The first-order valence-electron chi connectivity index (χ1n) is 9.24. The Bertz CT molecular complexity index is 1350. The van der Waals surface area contributed by atoms with Gasteiger partial charge in [-0.1, -0.05) is 29.8 Å². The SMILES string of the molecule is Nc1nc(Sc2ccc([N+](=O)[O-])cc2)nc(-c2c(Cl)cc3c4c(cccc24)COC3)n1. The Hall–Kier alpha value is -3.27. The highest BCUT2D eigenvalue weighted by molar-refractivity contribution is 7.99. The molecule has 0 saturated heterocycles. The molecule has 0 fully saturated rings. The van der Waals surface area contributed by atoms with E-state index in [-0.39, 0.29) is 11.6 Å². The van der Waals surface area contributed by atoms with E-state index < -0.39 is 4.92 Å². The van der Waals surface area contributed by atoms with Crippen molar-refractivity contribution >= 4 is 45.8 Å². The molecule has 10 heteroatoms. The summed E-state index contributed by atoms with van der Waals surface area (Å²) in [6.45, 7) is 1.03. The molecule has 0 unspecified atom stereocenters. The molecular weight excluding hydrogens is 438 g/mol. The number of nitrogen functional groups attached to an aromatic ring is 1. The fraction of sp³-hybridized carbons (Fsp3) is 0.0952. The van der Waals surface area contributed by atoms with E-state index in [1.54, 1.807) is 12.1 Å². The van der Waals surface area contributed by atoms with E-state index in [2.05, 4.69) is 15.0 Å². The minimum Gasteiger partial charge on any atom is -0.372 e. The summed E-state index contributed by atoms with van der Waals surface area (Å²) >= 11 is 7.88. The average Bonchev–Trinajstić information content (AvgIpc) is 2.74. The number of halogens is 1. The Labute approximate surface area is 185 Å². The van der Waals surface area contributed by atoms with Gasteiger partial charge in [0.15, 0.2) is 11.0 Å². The molecule has 4 aromatic rings. The highest BCUT2D eigenvalue weighted by Crippen LogP contribution is 2.40. The lowest BCUT2D eigenvalue weighted by Gasteiger charge is -2.20. The van der Waals surface area contributed by atoms with Crippen LogP contribution in [0, 0.1) is 10.1 Å². The van der Waals surface area contributed by atoms with Gasteiger partial charge in [0, 0.05) is 22.6 Å². The second-order valence-corrected chi connectivity index (χ2v) is 8.33. The summed E-state index contributed by atoms with van der Waals surface area (Å²) in [6.07, 6.45) is 0. The molecule has 3 aromatic carbocycles. The van der Waals surface area contributed by atoms with Crippen LogP contribution in [0.1, 0.15) is 11.1 Å². The number of non-ortho nitro benzene ring substituents is 1. The van der Waals surface area contributed by atoms with Crippen LogP contribution in [0.4, 0.5) is 11.6 Å².